The minimum Gasteiger partial charge on any atom is -0.457 e. The number of rotatable bonds is 10. The standard InChI is InChI=1S/C33H32F3N3O4S/c1-5-42-14-6-13-39-44(40,41)27-11-9-26(10-12-27)43-29-18-25(32(2,3)4)17-22-15-23(19-37)28(20-38)30(31(22)29)21-7-8-24(16-21)33(34,35)36/h8-12,15-18,39H,5-7,13-14H2,1-4H3. The van der Waals surface area contributed by atoms with Gasteiger partial charge in [0, 0.05) is 30.7 Å². The van der Waals surface area contributed by atoms with Crippen molar-refractivity contribution in [2.24, 2.45) is 0 Å². The van der Waals surface area contributed by atoms with Crippen molar-refractivity contribution < 1.29 is 31.1 Å². The van der Waals surface area contributed by atoms with Crippen LogP contribution in [0.2, 0.25) is 0 Å². The average molecular weight is 624 g/mol. The van der Waals surface area contributed by atoms with E-state index >= 15 is 0 Å². The molecule has 0 heterocycles. The molecule has 0 saturated heterocycles. The van der Waals surface area contributed by atoms with Crippen LogP contribution in [0.5, 0.6) is 11.5 Å². The second-order valence-corrected chi connectivity index (χ2v) is 13.0. The Hall–Kier alpha value is -4.16. The Morgan fingerprint density at radius 1 is 1.02 bits per heavy atom. The molecule has 0 fully saturated rings. The zero-order valence-electron chi connectivity index (χ0n) is 24.8. The van der Waals surface area contributed by atoms with Gasteiger partial charge in [-0.1, -0.05) is 32.9 Å². The topological polar surface area (TPSA) is 112 Å². The first kappa shape index (κ1) is 32.7. The van der Waals surface area contributed by atoms with E-state index in [1.165, 1.54) is 24.3 Å². The lowest BCUT2D eigenvalue weighted by molar-refractivity contribution is -0.0880. The fourth-order valence-corrected chi connectivity index (χ4v) is 5.94. The van der Waals surface area contributed by atoms with Gasteiger partial charge in [0.2, 0.25) is 10.0 Å². The molecule has 0 saturated carbocycles. The fraction of sp³-hybridized carbons (Fsp3) is 0.333. The van der Waals surface area contributed by atoms with Crippen molar-refractivity contribution in [1.82, 2.24) is 4.72 Å². The van der Waals surface area contributed by atoms with Gasteiger partial charge >= 0.3 is 6.18 Å². The second kappa shape index (κ2) is 12.8. The lowest BCUT2D eigenvalue weighted by Crippen LogP contribution is -2.25. The molecule has 44 heavy (non-hydrogen) atoms. The molecule has 0 amide bonds. The van der Waals surface area contributed by atoms with E-state index in [4.69, 9.17) is 9.47 Å². The number of alkyl halides is 3. The third-order valence-electron chi connectivity index (χ3n) is 7.14. The van der Waals surface area contributed by atoms with E-state index in [0.29, 0.717) is 30.4 Å². The Morgan fingerprint density at radius 2 is 1.73 bits per heavy atom. The SMILES string of the molecule is CCOCCCNS(=O)(=O)c1ccc(Oc2cc(C(C)(C)C)cc3cc(C#N)c(C#N)c(C4=CC(C(F)(F)F)=CC4)c23)cc1. The number of halogens is 3. The van der Waals surface area contributed by atoms with Gasteiger partial charge in [-0.15, -0.1) is 0 Å². The number of benzene rings is 3. The zero-order valence-corrected chi connectivity index (χ0v) is 25.6. The van der Waals surface area contributed by atoms with E-state index in [2.05, 4.69) is 4.72 Å². The highest BCUT2D eigenvalue weighted by molar-refractivity contribution is 7.89. The molecule has 3 aromatic rings. The molecule has 0 aromatic heterocycles. The van der Waals surface area contributed by atoms with Gasteiger partial charge in [-0.3, -0.25) is 0 Å². The molecular weight excluding hydrogens is 591 g/mol. The molecular formula is C33H32F3N3O4S. The maximum absolute atomic E-state index is 13.6. The summed E-state index contributed by atoms with van der Waals surface area (Å²) >= 11 is 0. The van der Waals surface area contributed by atoms with Crippen molar-refractivity contribution in [3.63, 3.8) is 0 Å². The van der Waals surface area contributed by atoms with Gasteiger partial charge in [0.25, 0.3) is 0 Å². The monoisotopic (exact) mass is 623 g/mol. The normalized spacial score (nSPS) is 13.8. The van der Waals surface area contributed by atoms with Gasteiger partial charge in [0.05, 0.1) is 21.6 Å². The van der Waals surface area contributed by atoms with Gasteiger partial charge < -0.3 is 9.47 Å². The van der Waals surface area contributed by atoms with Crippen molar-refractivity contribution in [2.75, 3.05) is 19.8 Å². The molecule has 0 radical (unpaired) electrons. The zero-order chi connectivity index (χ0) is 32.3. The highest BCUT2D eigenvalue weighted by Crippen LogP contribution is 2.45. The van der Waals surface area contributed by atoms with Crippen molar-refractivity contribution in [2.45, 2.75) is 57.0 Å². The van der Waals surface area contributed by atoms with Crippen LogP contribution in [0.25, 0.3) is 16.3 Å². The van der Waals surface area contributed by atoms with Crippen LogP contribution < -0.4 is 9.46 Å². The largest absolute Gasteiger partial charge is 0.457 e. The van der Waals surface area contributed by atoms with E-state index in [1.54, 1.807) is 12.1 Å². The Kier molecular flexibility index (Phi) is 9.55. The molecule has 0 spiro atoms. The molecule has 7 nitrogen and oxygen atoms in total. The van der Waals surface area contributed by atoms with Crippen LogP contribution in [-0.2, 0) is 20.2 Å². The lowest BCUT2D eigenvalue weighted by Gasteiger charge is -2.23. The van der Waals surface area contributed by atoms with Crippen LogP contribution in [0.15, 0.2) is 65.1 Å². The average Bonchev–Trinajstić information content (AvgIpc) is 3.46. The van der Waals surface area contributed by atoms with Gasteiger partial charge in [-0.25, -0.2) is 13.1 Å². The van der Waals surface area contributed by atoms with Crippen molar-refractivity contribution in [3.05, 3.63) is 82.4 Å². The summed E-state index contributed by atoms with van der Waals surface area (Å²) in [5.74, 6) is 0.533. The summed E-state index contributed by atoms with van der Waals surface area (Å²) in [5, 5.41) is 20.8. The molecule has 1 aliphatic rings. The van der Waals surface area contributed by atoms with Crippen molar-refractivity contribution in [3.8, 4) is 23.6 Å². The molecule has 230 valence electrons. The van der Waals surface area contributed by atoms with Gasteiger partial charge in [0.15, 0.2) is 0 Å². The summed E-state index contributed by atoms with van der Waals surface area (Å²) in [6.45, 7) is 8.99. The first-order valence-corrected chi connectivity index (χ1v) is 15.5. The van der Waals surface area contributed by atoms with Crippen molar-refractivity contribution >= 4 is 26.4 Å². The minimum absolute atomic E-state index is 0.0301. The summed E-state index contributed by atoms with van der Waals surface area (Å²) in [7, 11) is -3.78. The quantitative estimate of drug-likeness (QED) is 0.232. The number of nitrogens with zero attached hydrogens (tertiary/aromatic N) is 2. The van der Waals surface area contributed by atoms with E-state index in [-0.39, 0.29) is 57.0 Å². The number of nitriles is 2. The summed E-state index contributed by atoms with van der Waals surface area (Å²) in [6.07, 6.45) is -2.09. The third-order valence-corrected chi connectivity index (χ3v) is 8.62. The van der Waals surface area contributed by atoms with Crippen LogP contribution in [0.4, 0.5) is 13.2 Å². The molecule has 0 bridgehead atoms. The Bertz CT molecular complexity index is 1820. The molecule has 4 rings (SSSR count). The van der Waals surface area contributed by atoms with Gasteiger partial charge in [-0.05, 0) is 84.2 Å². The van der Waals surface area contributed by atoms with Gasteiger partial charge in [0.1, 0.15) is 23.6 Å². The fourth-order valence-electron chi connectivity index (χ4n) is 4.86. The number of hydrogen-bond acceptors (Lipinski definition) is 6. The van der Waals surface area contributed by atoms with E-state index in [1.807, 2.05) is 45.9 Å². The number of allylic oxidation sites excluding steroid dienone is 4. The molecule has 1 aliphatic carbocycles. The smallest absolute Gasteiger partial charge is 0.416 e. The second-order valence-electron chi connectivity index (χ2n) is 11.3. The summed E-state index contributed by atoms with van der Waals surface area (Å²) < 4.78 is 80.3. The molecule has 11 heteroatoms. The van der Waals surface area contributed by atoms with E-state index < -0.39 is 21.8 Å². The van der Waals surface area contributed by atoms with E-state index in [0.717, 1.165) is 17.7 Å². The van der Waals surface area contributed by atoms with Crippen molar-refractivity contribution in [1.29, 1.82) is 10.5 Å². The number of sulfonamides is 1. The summed E-state index contributed by atoms with van der Waals surface area (Å²) in [6, 6.07) is 14.9. The number of hydrogen-bond donors (Lipinski definition) is 1. The molecule has 3 aromatic carbocycles. The summed E-state index contributed by atoms with van der Waals surface area (Å²) in [4.78, 5) is 0.0301. The predicted molar refractivity (Wildman–Crippen MR) is 162 cm³/mol. The number of nitrogens with one attached hydrogen (secondary N) is 1. The van der Waals surface area contributed by atoms with Crippen LogP contribution in [0.1, 0.15) is 62.8 Å². The first-order chi connectivity index (χ1) is 20.7. The van der Waals surface area contributed by atoms with Crippen LogP contribution in [0.3, 0.4) is 0 Å². The van der Waals surface area contributed by atoms with Gasteiger partial charge in [-0.2, -0.15) is 23.7 Å². The Labute approximate surface area is 255 Å². The number of fused-ring (bicyclic) bond motifs is 1. The third kappa shape index (κ3) is 7.13. The van der Waals surface area contributed by atoms with E-state index in [9.17, 15) is 32.1 Å². The Morgan fingerprint density at radius 3 is 2.30 bits per heavy atom. The number of ether oxygens (including phenoxy) is 2. The Balaban J connectivity index is 1.83. The predicted octanol–water partition coefficient (Wildman–Crippen LogP) is 7.65. The minimum atomic E-state index is -4.57. The summed E-state index contributed by atoms with van der Waals surface area (Å²) in [5.41, 5.74) is 0.0407. The molecule has 0 atom stereocenters. The molecule has 0 unspecified atom stereocenters. The van der Waals surface area contributed by atoms with Crippen LogP contribution >= 0.6 is 0 Å². The highest BCUT2D eigenvalue weighted by Gasteiger charge is 2.35. The first-order valence-electron chi connectivity index (χ1n) is 14.0. The maximum atomic E-state index is 13.6. The molecule has 0 aliphatic heterocycles. The highest BCUT2D eigenvalue weighted by atomic mass is 32.2. The van der Waals surface area contributed by atoms with Crippen LogP contribution in [-0.4, -0.2) is 34.4 Å². The maximum Gasteiger partial charge on any atom is 0.416 e. The lowest BCUT2D eigenvalue weighted by atomic mass is 9.83. The van der Waals surface area contributed by atoms with Crippen LogP contribution in [0, 0.1) is 22.7 Å². The molecule has 1 N–H and O–H groups in total.